The number of hydrogen-bond acceptors (Lipinski definition) is 5. The molecule has 0 aliphatic rings. The number of rotatable bonds is 9. The minimum absolute atomic E-state index is 0.0473. The zero-order valence-corrected chi connectivity index (χ0v) is 12.4. The quantitative estimate of drug-likeness (QED) is 0.536. The first kappa shape index (κ1) is 16.4. The summed E-state index contributed by atoms with van der Waals surface area (Å²) < 4.78 is 1.62. The van der Waals surface area contributed by atoms with Gasteiger partial charge in [0.25, 0.3) is 0 Å². The van der Waals surface area contributed by atoms with E-state index in [-0.39, 0.29) is 12.3 Å². The van der Waals surface area contributed by atoms with Gasteiger partial charge < -0.3 is 10.4 Å². The fourth-order valence-electron chi connectivity index (χ4n) is 2.37. The second kappa shape index (κ2) is 7.84. The molecule has 0 saturated carbocycles. The van der Waals surface area contributed by atoms with Crippen molar-refractivity contribution in [2.24, 2.45) is 5.92 Å². The molecule has 0 bridgehead atoms. The lowest BCUT2D eigenvalue weighted by Gasteiger charge is -2.16. The molecular weight excluding hydrogens is 260 g/mol. The molecule has 0 amide bonds. The molecule has 7 nitrogen and oxygen atoms in total. The highest BCUT2D eigenvalue weighted by molar-refractivity contribution is 5.59. The minimum atomic E-state index is -0.391. The van der Waals surface area contributed by atoms with Crippen molar-refractivity contribution in [3.63, 3.8) is 0 Å². The molecular formula is C13H24N4O3. The lowest BCUT2D eigenvalue weighted by molar-refractivity contribution is -0.384. The number of aliphatic hydroxyl groups excluding tert-OH is 1. The maximum Gasteiger partial charge on any atom is 0.333 e. The Morgan fingerprint density at radius 3 is 2.65 bits per heavy atom. The zero-order valence-electron chi connectivity index (χ0n) is 12.4. The Kier molecular flexibility index (Phi) is 6.44. The van der Waals surface area contributed by atoms with Gasteiger partial charge in [-0.25, -0.2) is 4.68 Å². The van der Waals surface area contributed by atoms with Crippen LogP contribution < -0.4 is 5.32 Å². The van der Waals surface area contributed by atoms with E-state index in [1.807, 2.05) is 6.92 Å². The van der Waals surface area contributed by atoms with E-state index in [0.29, 0.717) is 36.9 Å². The van der Waals surface area contributed by atoms with E-state index in [2.05, 4.69) is 17.3 Å². The fourth-order valence-corrected chi connectivity index (χ4v) is 2.37. The lowest BCUT2D eigenvalue weighted by atomic mass is 10.0. The average molecular weight is 284 g/mol. The van der Waals surface area contributed by atoms with Crippen LogP contribution in [0.5, 0.6) is 0 Å². The maximum atomic E-state index is 11.1. The molecule has 0 fully saturated rings. The molecule has 20 heavy (non-hydrogen) atoms. The van der Waals surface area contributed by atoms with Crippen molar-refractivity contribution in [1.82, 2.24) is 9.78 Å². The van der Waals surface area contributed by atoms with Gasteiger partial charge in [-0.15, -0.1) is 0 Å². The van der Waals surface area contributed by atoms with Crippen LogP contribution in [0.1, 0.15) is 38.8 Å². The first-order chi connectivity index (χ1) is 9.54. The predicted molar refractivity (Wildman–Crippen MR) is 77.9 cm³/mol. The molecule has 1 heterocycles. The number of hydrogen-bond donors (Lipinski definition) is 2. The maximum absolute atomic E-state index is 11.1. The van der Waals surface area contributed by atoms with E-state index in [1.54, 1.807) is 11.6 Å². The molecule has 1 rings (SSSR count). The van der Waals surface area contributed by atoms with Crippen LogP contribution >= 0.6 is 0 Å². The van der Waals surface area contributed by atoms with Gasteiger partial charge in [0, 0.05) is 19.7 Å². The SMILES string of the molecule is CCCC(CCO)CNc1c([N+](=O)[O-])c(C)nn1CC. The van der Waals surface area contributed by atoms with Gasteiger partial charge in [-0.05, 0) is 32.6 Å². The number of nitrogens with zero attached hydrogens (tertiary/aromatic N) is 3. The van der Waals surface area contributed by atoms with Gasteiger partial charge in [0.15, 0.2) is 0 Å². The smallest absolute Gasteiger partial charge is 0.333 e. The molecule has 2 N–H and O–H groups in total. The first-order valence-electron chi connectivity index (χ1n) is 7.11. The molecule has 0 saturated heterocycles. The highest BCUT2D eigenvalue weighted by Gasteiger charge is 2.25. The first-order valence-corrected chi connectivity index (χ1v) is 7.11. The van der Waals surface area contributed by atoms with Crippen LogP contribution in [0.4, 0.5) is 11.5 Å². The topological polar surface area (TPSA) is 93.2 Å². The second-order valence-corrected chi connectivity index (χ2v) is 4.90. The van der Waals surface area contributed by atoms with E-state index in [9.17, 15) is 10.1 Å². The van der Waals surface area contributed by atoms with Crippen LogP contribution in [0.3, 0.4) is 0 Å². The molecule has 7 heteroatoms. The Hall–Kier alpha value is -1.63. The summed E-state index contributed by atoms with van der Waals surface area (Å²) in [5, 5.41) is 27.5. The highest BCUT2D eigenvalue weighted by Crippen LogP contribution is 2.28. The standard InChI is InChI=1S/C13H24N4O3/c1-4-6-11(7-8-18)9-14-13-12(17(19)20)10(3)15-16(13)5-2/h11,14,18H,4-9H2,1-3H3. The van der Waals surface area contributed by atoms with E-state index in [0.717, 1.165) is 12.8 Å². The number of nitrogens with one attached hydrogen (secondary N) is 1. The predicted octanol–water partition coefficient (Wildman–Crippen LogP) is 2.33. The molecule has 0 radical (unpaired) electrons. The summed E-state index contributed by atoms with van der Waals surface area (Å²) in [6.07, 6.45) is 2.72. The number of anilines is 1. The Bertz CT molecular complexity index is 439. The molecule has 1 atom stereocenters. The molecule has 0 spiro atoms. The van der Waals surface area contributed by atoms with Crippen molar-refractivity contribution in [1.29, 1.82) is 0 Å². The van der Waals surface area contributed by atoms with Gasteiger partial charge in [-0.2, -0.15) is 5.10 Å². The molecule has 0 aliphatic heterocycles. The van der Waals surface area contributed by atoms with Crippen molar-refractivity contribution < 1.29 is 10.0 Å². The van der Waals surface area contributed by atoms with Crippen molar-refractivity contribution >= 4 is 11.5 Å². The van der Waals surface area contributed by atoms with Crippen LogP contribution in [-0.4, -0.2) is 33.0 Å². The van der Waals surface area contributed by atoms with Crippen molar-refractivity contribution in [3.8, 4) is 0 Å². The van der Waals surface area contributed by atoms with Crippen LogP contribution in [0, 0.1) is 23.0 Å². The second-order valence-electron chi connectivity index (χ2n) is 4.90. The third-order valence-electron chi connectivity index (χ3n) is 3.37. The Balaban J connectivity index is 2.87. The lowest BCUT2D eigenvalue weighted by Crippen LogP contribution is -2.18. The third-order valence-corrected chi connectivity index (χ3v) is 3.37. The number of aliphatic hydroxyl groups is 1. The van der Waals surface area contributed by atoms with Crippen LogP contribution in [-0.2, 0) is 6.54 Å². The van der Waals surface area contributed by atoms with Gasteiger partial charge >= 0.3 is 5.69 Å². The highest BCUT2D eigenvalue weighted by atomic mass is 16.6. The summed E-state index contributed by atoms with van der Waals surface area (Å²) >= 11 is 0. The van der Waals surface area contributed by atoms with Crippen molar-refractivity contribution in [2.75, 3.05) is 18.5 Å². The average Bonchev–Trinajstić information content (AvgIpc) is 2.72. The fraction of sp³-hybridized carbons (Fsp3) is 0.769. The Morgan fingerprint density at radius 1 is 1.45 bits per heavy atom. The summed E-state index contributed by atoms with van der Waals surface area (Å²) in [6.45, 7) is 6.97. The number of nitro groups is 1. The van der Waals surface area contributed by atoms with Crippen LogP contribution in [0.25, 0.3) is 0 Å². The van der Waals surface area contributed by atoms with E-state index in [1.165, 1.54) is 0 Å². The molecule has 0 aliphatic carbocycles. The summed E-state index contributed by atoms with van der Waals surface area (Å²) in [4.78, 5) is 10.7. The molecule has 1 unspecified atom stereocenters. The van der Waals surface area contributed by atoms with E-state index < -0.39 is 4.92 Å². The normalized spacial score (nSPS) is 12.4. The Morgan fingerprint density at radius 2 is 2.15 bits per heavy atom. The van der Waals surface area contributed by atoms with Crippen molar-refractivity contribution in [2.45, 2.75) is 46.6 Å². The molecule has 1 aromatic heterocycles. The van der Waals surface area contributed by atoms with Gasteiger partial charge in [0.2, 0.25) is 5.82 Å². The van der Waals surface area contributed by atoms with Gasteiger partial charge in [-0.1, -0.05) is 13.3 Å². The molecule has 114 valence electrons. The molecule has 0 aromatic carbocycles. The summed E-state index contributed by atoms with van der Waals surface area (Å²) in [6, 6.07) is 0. The third kappa shape index (κ3) is 3.93. The summed E-state index contributed by atoms with van der Waals surface area (Å²) in [5.41, 5.74) is 0.472. The van der Waals surface area contributed by atoms with Crippen molar-refractivity contribution in [3.05, 3.63) is 15.8 Å². The summed E-state index contributed by atoms with van der Waals surface area (Å²) in [5.74, 6) is 0.777. The van der Waals surface area contributed by atoms with Crippen LogP contribution in [0.2, 0.25) is 0 Å². The minimum Gasteiger partial charge on any atom is -0.396 e. The largest absolute Gasteiger partial charge is 0.396 e. The van der Waals surface area contributed by atoms with Gasteiger partial charge in [-0.3, -0.25) is 10.1 Å². The number of aryl methyl sites for hydroxylation is 2. The number of aromatic nitrogens is 2. The van der Waals surface area contributed by atoms with Crippen LogP contribution in [0.15, 0.2) is 0 Å². The molecule has 1 aromatic rings. The summed E-state index contributed by atoms with van der Waals surface area (Å²) in [7, 11) is 0. The van der Waals surface area contributed by atoms with E-state index in [4.69, 9.17) is 5.11 Å². The monoisotopic (exact) mass is 284 g/mol. The van der Waals surface area contributed by atoms with Gasteiger partial charge in [0.05, 0.1) is 4.92 Å². The Labute approximate surface area is 119 Å². The zero-order chi connectivity index (χ0) is 15.1. The van der Waals surface area contributed by atoms with E-state index >= 15 is 0 Å². The van der Waals surface area contributed by atoms with Gasteiger partial charge in [0.1, 0.15) is 5.69 Å².